The number of thiophene rings is 1. The first kappa shape index (κ1) is 24.5. The Hall–Kier alpha value is -1.61. The molecule has 0 unspecified atom stereocenters. The lowest BCUT2D eigenvalue weighted by Gasteiger charge is -2.33. The van der Waals surface area contributed by atoms with E-state index in [9.17, 15) is 4.79 Å². The van der Waals surface area contributed by atoms with Crippen molar-refractivity contribution in [2.24, 2.45) is 0 Å². The summed E-state index contributed by atoms with van der Waals surface area (Å²) in [5.41, 5.74) is 2.38. The summed E-state index contributed by atoms with van der Waals surface area (Å²) in [5, 5.41) is 5.90. The van der Waals surface area contributed by atoms with Crippen molar-refractivity contribution in [3.63, 3.8) is 0 Å². The van der Waals surface area contributed by atoms with E-state index in [1.807, 2.05) is 18.2 Å². The Morgan fingerprint density at radius 1 is 1.21 bits per heavy atom. The summed E-state index contributed by atoms with van der Waals surface area (Å²) in [6, 6.07) is 10.2. The van der Waals surface area contributed by atoms with Crippen molar-refractivity contribution in [3.05, 3.63) is 46.3 Å². The Morgan fingerprint density at radius 3 is 2.79 bits per heavy atom. The molecule has 4 rings (SSSR count). The lowest BCUT2D eigenvalue weighted by atomic mass is 9.90. The van der Waals surface area contributed by atoms with Crippen LogP contribution in [0.3, 0.4) is 0 Å². The molecule has 0 aliphatic carbocycles. The molecule has 3 heterocycles. The molecule has 1 N–H and O–H groups in total. The van der Waals surface area contributed by atoms with Gasteiger partial charge >= 0.3 is 0 Å². The maximum absolute atomic E-state index is 12.6. The van der Waals surface area contributed by atoms with Crippen LogP contribution >= 0.6 is 34.9 Å². The third kappa shape index (κ3) is 6.10. The fourth-order valence-corrected chi connectivity index (χ4v) is 6.65. The number of hydrogen-bond acceptors (Lipinski definition) is 7. The fourth-order valence-electron chi connectivity index (χ4n) is 3.79. The summed E-state index contributed by atoms with van der Waals surface area (Å²) in [6.07, 6.45) is 3.73. The van der Waals surface area contributed by atoms with E-state index in [1.165, 1.54) is 27.8 Å². The molecule has 33 heavy (non-hydrogen) atoms. The minimum absolute atomic E-state index is 0.0382. The highest BCUT2D eigenvalue weighted by atomic mass is 32.2. The molecule has 1 aliphatic heterocycles. The molecule has 0 bridgehead atoms. The van der Waals surface area contributed by atoms with Crippen LogP contribution < -0.4 is 5.32 Å². The number of thioether (sulfide) groups is 2. The van der Waals surface area contributed by atoms with Gasteiger partial charge in [0.15, 0.2) is 5.16 Å². The van der Waals surface area contributed by atoms with Crippen LogP contribution in [0.1, 0.15) is 49.6 Å². The van der Waals surface area contributed by atoms with E-state index in [0.29, 0.717) is 18.9 Å². The normalized spacial score (nSPS) is 17.8. The van der Waals surface area contributed by atoms with Crippen molar-refractivity contribution in [1.29, 1.82) is 0 Å². The highest BCUT2D eigenvalue weighted by Crippen LogP contribution is 2.43. The van der Waals surface area contributed by atoms with Gasteiger partial charge in [-0.25, -0.2) is 9.97 Å². The molecule has 2 aromatic heterocycles. The van der Waals surface area contributed by atoms with Crippen molar-refractivity contribution >= 4 is 51.0 Å². The number of hydrogen-bond donors (Lipinski definition) is 1. The first-order chi connectivity index (χ1) is 16.0. The molecular formula is C25H31N3O2S3. The smallest absolute Gasteiger partial charge is 0.230 e. The summed E-state index contributed by atoms with van der Waals surface area (Å²) in [7, 11) is 0. The number of ether oxygens (including phenoxy) is 1. The van der Waals surface area contributed by atoms with Crippen LogP contribution in [0.2, 0.25) is 0 Å². The number of benzene rings is 1. The van der Waals surface area contributed by atoms with Crippen LogP contribution in [0.25, 0.3) is 10.2 Å². The molecule has 5 nitrogen and oxygen atoms in total. The number of aromatic nitrogens is 2. The van der Waals surface area contributed by atoms with Crippen molar-refractivity contribution in [3.8, 4) is 0 Å². The molecule has 0 saturated heterocycles. The van der Waals surface area contributed by atoms with Gasteiger partial charge in [-0.3, -0.25) is 4.79 Å². The lowest BCUT2D eigenvalue weighted by molar-refractivity contribution is -0.118. The van der Waals surface area contributed by atoms with Crippen LogP contribution in [0.5, 0.6) is 0 Å². The molecule has 0 fully saturated rings. The van der Waals surface area contributed by atoms with Gasteiger partial charge in [0.2, 0.25) is 5.91 Å². The van der Waals surface area contributed by atoms with Gasteiger partial charge in [-0.1, -0.05) is 67.7 Å². The predicted octanol–water partition coefficient (Wildman–Crippen LogP) is 5.89. The second-order valence-corrected chi connectivity index (χ2v) is 11.6. The second kappa shape index (κ2) is 11.2. The minimum Gasteiger partial charge on any atom is -0.369 e. The van der Waals surface area contributed by atoms with Crippen LogP contribution in [0.4, 0.5) is 0 Å². The van der Waals surface area contributed by atoms with Crippen molar-refractivity contribution in [1.82, 2.24) is 15.3 Å². The average molecular weight is 502 g/mol. The highest BCUT2D eigenvalue weighted by Gasteiger charge is 2.33. The standard InChI is InChI=1S/C25H31N3O2S3/c1-4-13-31-24-27-22(32-16-20(29)26-12-11-17-9-7-6-8-10-17)21-18-14-25(3,5-2)30-15-19(18)33-23(21)28-24/h6-10H,4-5,11-16H2,1-3H3,(H,26,29)/t25-/m1/s1. The number of amides is 1. The average Bonchev–Trinajstić information content (AvgIpc) is 3.19. The van der Waals surface area contributed by atoms with E-state index < -0.39 is 0 Å². The largest absolute Gasteiger partial charge is 0.369 e. The molecule has 0 spiro atoms. The zero-order chi connectivity index (χ0) is 23.3. The topological polar surface area (TPSA) is 64.1 Å². The maximum Gasteiger partial charge on any atom is 0.230 e. The Kier molecular flexibility index (Phi) is 8.33. The molecule has 0 radical (unpaired) electrons. The first-order valence-corrected chi connectivity index (χ1v) is 14.3. The van der Waals surface area contributed by atoms with E-state index in [1.54, 1.807) is 23.1 Å². The van der Waals surface area contributed by atoms with Crippen molar-refractivity contribution in [2.75, 3.05) is 18.1 Å². The van der Waals surface area contributed by atoms with Crippen LogP contribution in [0, 0.1) is 0 Å². The lowest BCUT2D eigenvalue weighted by Crippen LogP contribution is -2.33. The van der Waals surface area contributed by atoms with E-state index in [0.717, 1.165) is 51.8 Å². The molecule has 1 aromatic carbocycles. The SMILES string of the molecule is CCCSc1nc(SCC(=O)NCCc2ccccc2)c2c3c(sc2n1)CO[C@](C)(CC)C3. The Labute approximate surface area is 208 Å². The van der Waals surface area contributed by atoms with E-state index in [4.69, 9.17) is 14.7 Å². The van der Waals surface area contributed by atoms with Crippen molar-refractivity contribution in [2.45, 2.75) is 68.8 Å². The number of fused-ring (bicyclic) bond motifs is 3. The Balaban J connectivity index is 1.50. The number of carbonyl (C=O) groups excluding carboxylic acids is 1. The van der Waals surface area contributed by atoms with Gasteiger partial charge in [0.1, 0.15) is 9.86 Å². The van der Waals surface area contributed by atoms with E-state index in [2.05, 4.69) is 38.2 Å². The predicted molar refractivity (Wildman–Crippen MR) is 139 cm³/mol. The van der Waals surface area contributed by atoms with Gasteiger partial charge in [0.05, 0.1) is 18.0 Å². The molecule has 1 aliphatic rings. The van der Waals surface area contributed by atoms with Crippen molar-refractivity contribution < 1.29 is 9.53 Å². The second-order valence-electron chi connectivity index (χ2n) is 8.49. The van der Waals surface area contributed by atoms with Crippen LogP contribution in [-0.4, -0.2) is 39.5 Å². The van der Waals surface area contributed by atoms with Crippen LogP contribution in [-0.2, 0) is 29.0 Å². The zero-order valence-corrected chi connectivity index (χ0v) is 21.9. The monoisotopic (exact) mass is 501 g/mol. The molecular weight excluding hydrogens is 470 g/mol. The fraction of sp³-hybridized carbons (Fsp3) is 0.480. The summed E-state index contributed by atoms with van der Waals surface area (Å²) < 4.78 is 6.17. The van der Waals surface area contributed by atoms with Gasteiger partial charge in [-0.15, -0.1) is 11.3 Å². The third-order valence-electron chi connectivity index (χ3n) is 5.88. The molecule has 1 amide bonds. The minimum atomic E-state index is -0.159. The third-order valence-corrected chi connectivity index (χ3v) is 9.01. The Morgan fingerprint density at radius 2 is 2.03 bits per heavy atom. The molecule has 1 atom stereocenters. The summed E-state index contributed by atoms with van der Waals surface area (Å²) in [4.78, 5) is 24.6. The highest BCUT2D eigenvalue weighted by molar-refractivity contribution is 8.00. The maximum atomic E-state index is 12.6. The van der Waals surface area contributed by atoms with E-state index >= 15 is 0 Å². The van der Waals surface area contributed by atoms with Gasteiger partial charge < -0.3 is 10.1 Å². The molecule has 8 heteroatoms. The number of nitrogens with zero attached hydrogens (tertiary/aromatic N) is 2. The number of carbonyl (C=O) groups is 1. The zero-order valence-electron chi connectivity index (χ0n) is 19.5. The molecule has 176 valence electrons. The number of rotatable bonds is 10. The quantitative estimate of drug-likeness (QED) is 0.212. The summed E-state index contributed by atoms with van der Waals surface area (Å²) in [5.74, 6) is 1.37. The van der Waals surface area contributed by atoms with Gasteiger partial charge in [0.25, 0.3) is 0 Å². The van der Waals surface area contributed by atoms with Gasteiger partial charge in [-0.2, -0.15) is 0 Å². The van der Waals surface area contributed by atoms with Gasteiger partial charge in [-0.05, 0) is 37.3 Å². The van der Waals surface area contributed by atoms with Crippen LogP contribution in [0.15, 0.2) is 40.5 Å². The summed E-state index contributed by atoms with van der Waals surface area (Å²) in [6.45, 7) is 7.78. The van der Waals surface area contributed by atoms with Gasteiger partial charge in [0, 0.05) is 29.0 Å². The molecule has 3 aromatic rings. The number of nitrogens with one attached hydrogen (secondary N) is 1. The first-order valence-electron chi connectivity index (χ1n) is 11.5. The summed E-state index contributed by atoms with van der Waals surface area (Å²) >= 11 is 4.93. The van der Waals surface area contributed by atoms with E-state index in [-0.39, 0.29) is 11.5 Å². The Bertz CT molecular complexity index is 1100. The molecule has 0 saturated carbocycles.